The van der Waals surface area contributed by atoms with Gasteiger partial charge in [0.2, 0.25) is 0 Å². The van der Waals surface area contributed by atoms with E-state index in [1.165, 1.54) is 24.8 Å². The third kappa shape index (κ3) is 4.79. The monoisotopic (exact) mass is 223 g/mol. The van der Waals surface area contributed by atoms with Gasteiger partial charge in [0.1, 0.15) is 0 Å². The molecule has 0 atom stereocenters. The van der Waals surface area contributed by atoms with E-state index < -0.39 is 0 Å². The first-order valence-corrected chi connectivity index (χ1v) is 6.29. The van der Waals surface area contributed by atoms with Gasteiger partial charge >= 0.3 is 0 Å². The van der Waals surface area contributed by atoms with Gasteiger partial charge in [-0.25, -0.2) is 0 Å². The molecule has 0 radical (unpaired) electrons. The Labute approximate surface area is 99.2 Å². The molecule has 0 amide bonds. The van der Waals surface area contributed by atoms with Crippen molar-refractivity contribution < 1.29 is 0 Å². The smallest absolute Gasteiger partial charge is 0.0638 e. The van der Waals surface area contributed by atoms with Crippen LogP contribution in [0, 0.1) is 12.8 Å². The van der Waals surface area contributed by atoms with Crippen molar-refractivity contribution in [2.75, 3.05) is 6.54 Å². The molecule has 0 unspecified atom stereocenters. The average molecular weight is 223 g/mol. The van der Waals surface area contributed by atoms with E-state index in [-0.39, 0.29) is 0 Å². The van der Waals surface area contributed by atoms with Crippen LogP contribution in [0.3, 0.4) is 0 Å². The summed E-state index contributed by atoms with van der Waals surface area (Å²) in [6, 6.07) is 0. The summed E-state index contributed by atoms with van der Waals surface area (Å²) >= 11 is 0. The van der Waals surface area contributed by atoms with E-state index in [2.05, 4.69) is 37.4 Å². The number of hydrogen-bond acceptors (Lipinski definition) is 2. The maximum absolute atomic E-state index is 4.33. The number of nitrogens with zero attached hydrogens (tertiary/aromatic N) is 2. The van der Waals surface area contributed by atoms with Crippen molar-refractivity contribution in [3.05, 3.63) is 17.5 Å². The molecule has 1 aromatic rings. The van der Waals surface area contributed by atoms with E-state index in [9.17, 15) is 0 Å². The number of hydrogen-bond donors (Lipinski definition) is 1. The first kappa shape index (κ1) is 13.2. The molecule has 1 heterocycles. The largest absolute Gasteiger partial charge is 0.313 e. The zero-order chi connectivity index (χ0) is 12.0. The van der Waals surface area contributed by atoms with Crippen LogP contribution in [0.1, 0.15) is 44.4 Å². The van der Waals surface area contributed by atoms with Crippen LogP contribution in [0.4, 0.5) is 0 Å². The Morgan fingerprint density at radius 3 is 2.69 bits per heavy atom. The fourth-order valence-electron chi connectivity index (χ4n) is 1.85. The summed E-state index contributed by atoms with van der Waals surface area (Å²) in [5.41, 5.74) is 2.45. The molecule has 0 aliphatic rings. The molecule has 0 aromatic carbocycles. The first-order chi connectivity index (χ1) is 7.59. The summed E-state index contributed by atoms with van der Waals surface area (Å²) in [6.07, 6.45) is 6.04. The van der Waals surface area contributed by atoms with E-state index in [0.29, 0.717) is 0 Å². The number of aryl methyl sites for hydroxylation is 2. The molecule has 0 saturated carbocycles. The molecule has 0 fully saturated rings. The van der Waals surface area contributed by atoms with Gasteiger partial charge in [0.15, 0.2) is 0 Å². The Kier molecular flexibility index (Phi) is 5.53. The van der Waals surface area contributed by atoms with E-state index in [4.69, 9.17) is 0 Å². The molecule has 0 bridgehead atoms. The lowest BCUT2D eigenvalue weighted by Crippen LogP contribution is -2.15. The van der Waals surface area contributed by atoms with Crippen molar-refractivity contribution in [2.45, 2.75) is 46.6 Å². The molecular formula is C13H25N3. The van der Waals surface area contributed by atoms with Gasteiger partial charge in [-0.05, 0) is 25.8 Å². The maximum atomic E-state index is 4.33. The van der Waals surface area contributed by atoms with Gasteiger partial charge in [0, 0.05) is 25.4 Å². The predicted molar refractivity (Wildman–Crippen MR) is 68.3 cm³/mol. The Morgan fingerprint density at radius 2 is 2.12 bits per heavy atom. The Balaban J connectivity index is 2.09. The third-order valence-corrected chi connectivity index (χ3v) is 2.82. The fourth-order valence-corrected chi connectivity index (χ4v) is 1.85. The zero-order valence-corrected chi connectivity index (χ0v) is 11.1. The first-order valence-electron chi connectivity index (χ1n) is 6.29. The maximum Gasteiger partial charge on any atom is 0.0638 e. The van der Waals surface area contributed by atoms with E-state index in [0.717, 1.165) is 24.7 Å². The highest BCUT2D eigenvalue weighted by Gasteiger charge is 2.01. The standard InChI is InChI=1S/C13H25N3/c1-11(2)7-5-6-8-14-9-13-10-16(4)15-12(13)3/h10-11,14H,5-9H2,1-4H3. The van der Waals surface area contributed by atoms with Crippen molar-refractivity contribution in [1.29, 1.82) is 0 Å². The molecule has 3 heteroatoms. The molecule has 0 aliphatic carbocycles. The SMILES string of the molecule is Cc1nn(C)cc1CNCCCCC(C)C. The van der Waals surface area contributed by atoms with Gasteiger partial charge in [-0.1, -0.05) is 26.7 Å². The number of unbranched alkanes of at least 4 members (excludes halogenated alkanes) is 1. The molecule has 0 aliphatic heterocycles. The van der Waals surface area contributed by atoms with Gasteiger partial charge in [-0.15, -0.1) is 0 Å². The molecule has 1 aromatic heterocycles. The molecule has 3 nitrogen and oxygen atoms in total. The molecular weight excluding hydrogens is 198 g/mol. The van der Waals surface area contributed by atoms with Crippen LogP contribution < -0.4 is 5.32 Å². The van der Waals surface area contributed by atoms with Gasteiger partial charge in [-0.3, -0.25) is 4.68 Å². The lowest BCUT2D eigenvalue weighted by Gasteiger charge is -2.05. The lowest BCUT2D eigenvalue weighted by molar-refractivity contribution is 0.520. The van der Waals surface area contributed by atoms with Crippen LogP contribution in [0.5, 0.6) is 0 Å². The summed E-state index contributed by atoms with van der Waals surface area (Å²) in [4.78, 5) is 0. The number of nitrogens with one attached hydrogen (secondary N) is 1. The van der Waals surface area contributed by atoms with Gasteiger partial charge in [0.05, 0.1) is 5.69 Å². The quantitative estimate of drug-likeness (QED) is 0.720. The molecule has 1 N–H and O–H groups in total. The summed E-state index contributed by atoms with van der Waals surface area (Å²) in [5, 5.41) is 7.80. The van der Waals surface area contributed by atoms with E-state index in [1.54, 1.807) is 0 Å². The van der Waals surface area contributed by atoms with Crippen LogP contribution in [-0.2, 0) is 13.6 Å². The number of aromatic nitrogens is 2. The Hall–Kier alpha value is -0.830. The summed E-state index contributed by atoms with van der Waals surface area (Å²) in [7, 11) is 1.97. The summed E-state index contributed by atoms with van der Waals surface area (Å²) < 4.78 is 1.88. The molecule has 1 rings (SSSR count). The van der Waals surface area contributed by atoms with Crippen LogP contribution in [0.25, 0.3) is 0 Å². The topological polar surface area (TPSA) is 29.9 Å². The second-order valence-corrected chi connectivity index (χ2v) is 4.98. The Bertz CT molecular complexity index is 302. The molecule has 0 saturated heterocycles. The summed E-state index contributed by atoms with van der Waals surface area (Å²) in [6.45, 7) is 8.69. The highest BCUT2D eigenvalue weighted by Crippen LogP contribution is 2.06. The van der Waals surface area contributed by atoms with Crippen molar-refractivity contribution in [2.24, 2.45) is 13.0 Å². The van der Waals surface area contributed by atoms with Crippen molar-refractivity contribution in [3.63, 3.8) is 0 Å². The summed E-state index contributed by atoms with van der Waals surface area (Å²) in [5.74, 6) is 0.834. The van der Waals surface area contributed by atoms with Crippen molar-refractivity contribution >= 4 is 0 Å². The van der Waals surface area contributed by atoms with Crippen LogP contribution >= 0.6 is 0 Å². The van der Waals surface area contributed by atoms with Crippen LogP contribution in [-0.4, -0.2) is 16.3 Å². The predicted octanol–water partition coefficient (Wildman–Crippen LogP) is 2.64. The normalized spacial score (nSPS) is 11.3. The van der Waals surface area contributed by atoms with Crippen LogP contribution in [0.15, 0.2) is 6.20 Å². The minimum absolute atomic E-state index is 0.834. The zero-order valence-electron chi connectivity index (χ0n) is 11.1. The Morgan fingerprint density at radius 1 is 1.38 bits per heavy atom. The van der Waals surface area contributed by atoms with Gasteiger partial charge in [-0.2, -0.15) is 5.10 Å². The lowest BCUT2D eigenvalue weighted by atomic mass is 10.1. The fraction of sp³-hybridized carbons (Fsp3) is 0.769. The molecule has 0 spiro atoms. The van der Waals surface area contributed by atoms with Crippen LogP contribution in [0.2, 0.25) is 0 Å². The van der Waals surface area contributed by atoms with Crippen molar-refractivity contribution in [1.82, 2.24) is 15.1 Å². The van der Waals surface area contributed by atoms with Gasteiger partial charge < -0.3 is 5.32 Å². The average Bonchev–Trinajstić information content (AvgIpc) is 2.50. The highest BCUT2D eigenvalue weighted by molar-refractivity contribution is 5.14. The van der Waals surface area contributed by atoms with E-state index in [1.807, 2.05) is 11.7 Å². The second kappa shape index (κ2) is 6.69. The second-order valence-electron chi connectivity index (χ2n) is 4.98. The van der Waals surface area contributed by atoms with Crippen molar-refractivity contribution in [3.8, 4) is 0 Å². The third-order valence-electron chi connectivity index (χ3n) is 2.82. The minimum atomic E-state index is 0.834. The molecule has 16 heavy (non-hydrogen) atoms. The highest BCUT2D eigenvalue weighted by atomic mass is 15.2. The van der Waals surface area contributed by atoms with Gasteiger partial charge in [0.25, 0.3) is 0 Å². The number of rotatable bonds is 7. The minimum Gasteiger partial charge on any atom is -0.313 e. The molecule has 92 valence electrons. The van der Waals surface area contributed by atoms with E-state index >= 15 is 0 Å².